The molecule has 0 saturated carbocycles. The summed E-state index contributed by atoms with van der Waals surface area (Å²) < 4.78 is 36.4. The highest BCUT2D eigenvalue weighted by atomic mass is 35.5. The number of carbonyl (C=O) groups is 2. The molecule has 0 radical (unpaired) electrons. The highest BCUT2D eigenvalue weighted by Crippen LogP contribution is 2.39. The molecule has 41 heavy (non-hydrogen) atoms. The molecule has 0 bridgehead atoms. The standard InChI is InChI=1S/C29H21Cl2N3O6S/c30-19-7-13-22(14-8-19)34(23-15-9-20(31)10-16-23)41(38,39)26(28-33-24-3-1-2-4-25(24)40-28)17-18-5-11-21(12-6-18)32-27(35)29(36)37/h1-16,26H,17H2,(H,32,35)(H,36,37). The van der Waals surface area contributed by atoms with Gasteiger partial charge in [-0.1, -0.05) is 47.5 Å². The van der Waals surface area contributed by atoms with Crippen LogP contribution < -0.4 is 9.62 Å². The van der Waals surface area contributed by atoms with E-state index in [4.69, 9.17) is 32.7 Å². The van der Waals surface area contributed by atoms with E-state index < -0.39 is 27.1 Å². The second-order valence-electron chi connectivity index (χ2n) is 8.93. The van der Waals surface area contributed by atoms with Gasteiger partial charge in [0.1, 0.15) is 5.52 Å². The van der Waals surface area contributed by atoms with Crippen LogP contribution in [0.4, 0.5) is 17.1 Å². The van der Waals surface area contributed by atoms with Gasteiger partial charge >= 0.3 is 11.9 Å². The molecule has 0 aliphatic rings. The number of aliphatic carboxylic acids is 1. The van der Waals surface area contributed by atoms with E-state index in [1.54, 1.807) is 84.9 Å². The van der Waals surface area contributed by atoms with E-state index in [2.05, 4.69) is 10.3 Å². The van der Waals surface area contributed by atoms with Crippen LogP contribution in [0.5, 0.6) is 0 Å². The molecule has 1 unspecified atom stereocenters. The number of carbonyl (C=O) groups excluding carboxylic acids is 1. The number of hydrogen-bond acceptors (Lipinski definition) is 6. The van der Waals surface area contributed by atoms with E-state index in [1.807, 2.05) is 0 Å². The summed E-state index contributed by atoms with van der Waals surface area (Å²) in [6.07, 6.45) is -0.0556. The summed E-state index contributed by atoms with van der Waals surface area (Å²) in [5.41, 5.74) is 2.42. The number of anilines is 3. The molecule has 0 fully saturated rings. The van der Waals surface area contributed by atoms with Gasteiger partial charge in [0, 0.05) is 15.7 Å². The smallest absolute Gasteiger partial charge is 0.394 e. The lowest BCUT2D eigenvalue weighted by Crippen LogP contribution is -2.32. The van der Waals surface area contributed by atoms with Crippen molar-refractivity contribution < 1.29 is 27.5 Å². The van der Waals surface area contributed by atoms with Crippen LogP contribution in [0, 0.1) is 0 Å². The minimum atomic E-state index is -4.29. The average molecular weight is 610 g/mol. The molecule has 0 aliphatic carbocycles. The number of oxazole rings is 1. The summed E-state index contributed by atoms with van der Waals surface area (Å²) >= 11 is 12.2. The van der Waals surface area contributed by atoms with Crippen LogP contribution in [-0.4, -0.2) is 30.4 Å². The van der Waals surface area contributed by atoms with Gasteiger partial charge in [-0.3, -0.25) is 4.79 Å². The number of para-hydroxylation sites is 2. The average Bonchev–Trinajstić information content (AvgIpc) is 3.38. The first-order chi connectivity index (χ1) is 19.6. The number of amides is 1. The maximum Gasteiger partial charge on any atom is 0.394 e. The maximum absolute atomic E-state index is 14.6. The molecule has 5 rings (SSSR count). The van der Waals surface area contributed by atoms with Crippen LogP contribution in [0.15, 0.2) is 101 Å². The Morgan fingerprint density at radius 1 is 0.854 bits per heavy atom. The van der Waals surface area contributed by atoms with Crippen molar-refractivity contribution >= 4 is 73.3 Å². The van der Waals surface area contributed by atoms with Crippen molar-refractivity contribution in [2.24, 2.45) is 0 Å². The van der Waals surface area contributed by atoms with Gasteiger partial charge in [0.05, 0.1) is 11.4 Å². The molecule has 0 aliphatic heterocycles. The minimum absolute atomic E-state index is 0.0117. The fourth-order valence-electron chi connectivity index (χ4n) is 4.19. The number of fused-ring (bicyclic) bond motifs is 1. The largest absolute Gasteiger partial charge is 0.474 e. The Labute approximate surface area is 245 Å². The Balaban J connectivity index is 1.61. The van der Waals surface area contributed by atoms with Crippen LogP contribution in [-0.2, 0) is 26.0 Å². The van der Waals surface area contributed by atoms with Crippen molar-refractivity contribution in [2.75, 3.05) is 9.62 Å². The van der Waals surface area contributed by atoms with Gasteiger partial charge in [-0.25, -0.2) is 22.5 Å². The van der Waals surface area contributed by atoms with Crippen LogP contribution in [0.25, 0.3) is 11.1 Å². The Hall–Kier alpha value is -4.38. The number of carboxylic acids is 1. The van der Waals surface area contributed by atoms with E-state index in [0.29, 0.717) is 38.1 Å². The third-order valence-electron chi connectivity index (χ3n) is 6.15. The third-order valence-corrected chi connectivity index (χ3v) is 8.67. The molecule has 1 aromatic heterocycles. The third kappa shape index (κ3) is 6.19. The predicted octanol–water partition coefficient (Wildman–Crippen LogP) is 6.61. The van der Waals surface area contributed by atoms with Gasteiger partial charge in [-0.05, 0) is 84.8 Å². The fraction of sp³-hybridized carbons (Fsp3) is 0.0690. The first-order valence-corrected chi connectivity index (χ1v) is 14.4. The number of benzene rings is 4. The van der Waals surface area contributed by atoms with Gasteiger partial charge in [-0.15, -0.1) is 0 Å². The second-order valence-corrected chi connectivity index (χ2v) is 11.8. The number of hydrogen-bond donors (Lipinski definition) is 2. The maximum atomic E-state index is 14.6. The predicted molar refractivity (Wildman–Crippen MR) is 157 cm³/mol. The molecular weight excluding hydrogens is 589 g/mol. The summed E-state index contributed by atoms with van der Waals surface area (Å²) in [6, 6.07) is 25.9. The molecule has 0 saturated heterocycles. The molecule has 1 amide bonds. The van der Waals surface area contributed by atoms with Crippen molar-refractivity contribution in [3.05, 3.63) is 119 Å². The van der Waals surface area contributed by atoms with Gasteiger partial charge in [0.2, 0.25) is 5.89 Å². The summed E-state index contributed by atoms with van der Waals surface area (Å²) in [5, 5.41) is 10.7. The summed E-state index contributed by atoms with van der Waals surface area (Å²) in [6.45, 7) is 0. The number of rotatable bonds is 8. The molecular formula is C29H21Cl2N3O6S. The normalized spacial score (nSPS) is 12.1. The highest BCUT2D eigenvalue weighted by molar-refractivity contribution is 7.93. The van der Waals surface area contributed by atoms with Gasteiger partial charge < -0.3 is 14.8 Å². The van der Waals surface area contributed by atoms with Crippen molar-refractivity contribution in [3.63, 3.8) is 0 Å². The lowest BCUT2D eigenvalue weighted by atomic mass is 10.1. The zero-order valence-corrected chi connectivity index (χ0v) is 23.4. The number of halogens is 2. The Morgan fingerprint density at radius 2 is 1.41 bits per heavy atom. The zero-order chi connectivity index (χ0) is 29.1. The second kappa shape index (κ2) is 11.6. The van der Waals surface area contributed by atoms with Crippen LogP contribution >= 0.6 is 23.2 Å². The van der Waals surface area contributed by atoms with Crippen molar-refractivity contribution in [1.82, 2.24) is 4.98 Å². The first-order valence-electron chi connectivity index (χ1n) is 12.2. The van der Waals surface area contributed by atoms with Gasteiger partial charge in [0.25, 0.3) is 10.0 Å². The molecule has 2 N–H and O–H groups in total. The summed E-state index contributed by atoms with van der Waals surface area (Å²) in [5.74, 6) is -2.82. The first kappa shape index (κ1) is 28.2. The van der Waals surface area contributed by atoms with Crippen LogP contribution in [0.1, 0.15) is 16.7 Å². The lowest BCUT2D eigenvalue weighted by Gasteiger charge is -2.28. The van der Waals surface area contributed by atoms with Crippen LogP contribution in [0.2, 0.25) is 10.0 Å². The highest BCUT2D eigenvalue weighted by Gasteiger charge is 2.38. The van der Waals surface area contributed by atoms with Crippen molar-refractivity contribution in [1.29, 1.82) is 0 Å². The molecule has 0 spiro atoms. The van der Waals surface area contributed by atoms with Crippen molar-refractivity contribution in [2.45, 2.75) is 11.7 Å². The van der Waals surface area contributed by atoms with E-state index in [-0.39, 0.29) is 18.0 Å². The van der Waals surface area contributed by atoms with E-state index in [0.717, 1.165) is 0 Å². The molecule has 208 valence electrons. The van der Waals surface area contributed by atoms with Gasteiger partial charge in [0.15, 0.2) is 10.8 Å². The van der Waals surface area contributed by atoms with E-state index >= 15 is 0 Å². The number of nitrogens with zero attached hydrogens (tertiary/aromatic N) is 2. The van der Waals surface area contributed by atoms with E-state index in [9.17, 15) is 18.0 Å². The molecule has 1 heterocycles. The summed E-state index contributed by atoms with van der Waals surface area (Å²) in [4.78, 5) is 26.9. The molecule has 4 aromatic carbocycles. The molecule has 1 atom stereocenters. The number of aromatic nitrogens is 1. The van der Waals surface area contributed by atoms with Gasteiger partial charge in [-0.2, -0.15) is 0 Å². The van der Waals surface area contributed by atoms with Crippen molar-refractivity contribution in [3.8, 4) is 0 Å². The topological polar surface area (TPSA) is 130 Å². The Bertz CT molecular complexity index is 1750. The molecule has 5 aromatic rings. The monoisotopic (exact) mass is 609 g/mol. The lowest BCUT2D eigenvalue weighted by molar-refractivity contribution is -0.147. The number of carboxylic acid groups (broad SMARTS) is 1. The van der Waals surface area contributed by atoms with E-state index in [1.165, 1.54) is 16.4 Å². The quantitative estimate of drug-likeness (QED) is 0.189. The Kier molecular flexibility index (Phi) is 7.98. The molecule has 12 heteroatoms. The number of nitrogens with one attached hydrogen (secondary N) is 1. The minimum Gasteiger partial charge on any atom is -0.474 e. The molecule has 9 nitrogen and oxygen atoms in total. The zero-order valence-electron chi connectivity index (χ0n) is 21.1. The van der Waals surface area contributed by atoms with Crippen LogP contribution in [0.3, 0.4) is 0 Å². The Morgan fingerprint density at radius 3 is 1.95 bits per heavy atom. The number of sulfonamides is 1. The SMILES string of the molecule is O=C(O)C(=O)Nc1ccc(CC(c2nc3ccccc3o2)S(=O)(=O)N(c2ccc(Cl)cc2)c2ccc(Cl)cc2)cc1. The summed E-state index contributed by atoms with van der Waals surface area (Å²) in [7, 11) is -4.29. The fourth-order valence-corrected chi connectivity index (χ4v) is 6.29.